The molecule has 0 radical (unpaired) electrons. The lowest BCUT2D eigenvalue weighted by Crippen LogP contribution is -2.36. The third-order valence-electron chi connectivity index (χ3n) is 3.47. The number of methoxy groups -OCH3 is 1. The van der Waals surface area contributed by atoms with E-state index in [-0.39, 0.29) is 17.6 Å². The van der Waals surface area contributed by atoms with Gasteiger partial charge >= 0.3 is 5.97 Å². The van der Waals surface area contributed by atoms with Crippen molar-refractivity contribution in [2.24, 2.45) is 5.92 Å². The predicted molar refractivity (Wildman–Crippen MR) is 70.0 cm³/mol. The molecule has 1 heterocycles. The Labute approximate surface area is 115 Å². The Bertz CT molecular complexity index is 527. The molecule has 0 atom stereocenters. The molecular formula is C13H15FN2O4. The minimum atomic E-state index is -0.635. The van der Waals surface area contributed by atoms with E-state index in [9.17, 15) is 19.3 Å². The number of nitrogens with zero attached hydrogens (tertiary/aromatic N) is 2. The Balaban J connectivity index is 2.10. The van der Waals surface area contributed by atoms with Crippen molar-refractivity contribution >= 4 is 17.3 Å². The summed E-state index contributed by atoms with van der Waals surface area (Å²) in [6.45, 7) is 1.08. The Morgan fingerprint density at radius 1 is 1.40 bits per heavy atom. The molecule has 1 saturated heterocycles. The van der Waals surface area contributed by atoms with Crippen molar-refractivity contribution in [3.63, 3.8) is 0 Å². The molecule has 1 aliphatic heterocycles. The Morgan fingerprint density at radius 2 is 2.05 bits per heavy atom. The fourth-order valence-corrected chi connectivity index (χ4v) is 2.39. The summed E-state index contributed by atoms with van der Waals surface area (Å²) in [4.78, 5) is 23.4. The quantitative estimate of drug-likeness (QED) is 0.482. The van der Waals surface area contributed by atoms with E-state index < -0.39 is 10.7 Å². The zero-order valence-corrected chi connectivity index (χ0v) is 11.0. The van der Waals surface area contributed by atoms with Crippen LogP contribution in [0.25, 0.3) is 0 Å². The number of carbonyl (C=O) groups is 1. The Kier molecular flexibility index (Phi) is 4.16. The molecule has 1 fully saturated rings. The van der Waals surface area contributed by atoms with E-state index in [0.717, 1.165) is 6.07 Å². The van der Waals surface area contributed by atoms with Crippen LogP contribution in [0.15, 0.2) is 18.2 Å². The number of carbonyl (C=O) groups excluding carboxylic acids is 1. The molecule has 0 saturated carbocycles. The Hall–Kier alpha value is -2.18. The lowest BCUT2D eigenvalue weighted by atomic mass is 9.96. The van der Waals surface area contributed by atoms with Gasteiger partial charge in [-0.05, 0) is 18.9 Å². The van der Waals surface area contributed by atoms with Gasteiger partial charge in [0.25, 0.3) is 5.69 Å². The first-order valence-corrected chi connectivity index (χ1v) is 6.29. The maximum atomic E-state index is 13.4. The van der Waals surface area contributed by atoms with Crippen LogP contribution in [0.3, 0.4) is 0 Å². The number of piperidine rings is 1. The summed E-state index contributed by atoms with van der Waals surface area (Å²) < 4.78 is 18.1. The Morgan fingerprint density at radius 3 is 2.60 bits per heavy atom. The number of anilines is 1. The second-order valence-corrected chi connectivity index (χ2v) is 4.71. The monoisotopic (exact) mass is 282 g/mol. The van der Waals surface area contributed by atoms with Crippen LogP contribution >= 0.6 is 0 Å². The van der Waals surface area contributed by atoms with Gasteiger partial charge in [0.1, 0.15) is 5.82 Å². The van der Waals surface area contributed by atoms with Crippen molar-refractivity contribution in [3.8, 4) is 0 Å². The van der Waals surface area contributed by atoms with Crippen LogP contribution in [0.5, 0.6) is 0 Å². The normalized spacial score (nSPS) is 16.0. The molecule has 0 amide bonds. The number of benzene rings is 1. The minimum absolute atomic E-state index is 0.153. The SMILES string of the molecule is COC(=O)C1CCN(c2cc(F)cc([N+](=O)[O-])c2)CC1. The third-order valence-corrected chi connectivity index (χ3v) is 3.47. The lowest BCUT2D eigenvalue weighted by molar-refractivity contribution is -0.385. The molecule has 1 aromatic carbocycles. The number of ether oxygens (including phenoxy) is 1. The number of hydrogen-bond acceptors (Lipinski definition) is 5. The van der Waals surface area contributed by atoms with E-state index >= 15 is 0 Å². The smallest absolute Gasteiger partial charge is 0.308 e. The molecule has 2 rings (SSSR count). The molecule has 0 spiro atoms. The molecular weight excluding hydrogens is 267 g/mol. The van der Waals surface area contributed by atoms with Crippen LogP contribution in [-0.4, -0.2) is 31.1 Å². The van der Waals surface area contributed by atoms with Gasteiger partial charge in [0.2, 0.25) is 0 Å². The van der Waals surface area contributed by atoms with Crippen LogP contribution < -0.4 is 4.90 Å². The summed E-state index contributed by atoms with van der Waals surface area (Å²) in [6.07, 6.45) is 1.19. The number of halogens is 1. The summed E-state index contributed by atoms with van der Waals surface area (Å²) in [5, 5.41) is 10.7. The van der Waals surface area contributed by atoms with Crippen LogP contribution in [0.2, 0.25) is 0 Å². The van der Waals surface area contributed by atoms with Crippen molar-refractivity contribution in [1.82, 2.24) is 0 Å². The molecule has 0 bridgehead atoms. The highest BCUT2D eigenvalue weighted by Crippen LogP contribution is 2.27. The average Bonchev–Trinajstić information content (AvgIpc) is 2.46. The molecule has 108 valence electrons. The molecule has 20 heavy (non-hydrogen) atoms. The van der Waals surface area contributed by atoms with E-state index in [0.29, 0.717) is 31.6 Å². The van der Waals surface area contributed by atoms with Gasteiger partial charge in [-0.2, -0.15) is 0 Å². The summed E-state index contributed by atoms with van der Waals surface area (Å²) in [7, 11) is 1.35. The fraction of sp³-hybridized carbons (Fsp3) is 0.462. The maximum Gasteiger partial charge on any atom is 0.308 e. The standard InChI is InChI=1S/C13H15FN2O4/c1-20-13(17)9-2-4-15(5-3-9)11-6-10(14)7-12(8-11)16(18)19/h6-9H,2-5H2,1H3. The van der Waals surface area contributed by atoms with Gasteiger partial charge in [-0.15, -0.1) is 0 Å². The number of nitro benzene ring substituents is 1. The van der Waals surface area contributed by atoms with Gasteiger partial charge in [0.15, 0.2) is 0 Å². The molecule has 0 aromatic heterocycles. The number of non-ortho nitro benzene ring substituents is 1. The van der Waals surface area contributed by atoms with Crippen molar-refractivity contribution in [1.29, 1.82) is 0 Å². The highest BCUT2D eigenvalue weighted by molar-refractivity contribution is 5.72. The van der Waals surface area contributed by atoms with Gasteiger partial charge in [0.05, 0.1) is 24.0 Å². The maximum absolute atomic E-state index is 13.4. The van der Waals surface area contributed by atoms with Crippen LogP contribution in [-0.2, 0) is 9.53 Å². The highest BCUT2D eigenvalue weighted by atomic mass is 19.1. The van der Waals surface area contributed by atoms with E-state index in [1.165, 1.54) is 19.2 Å². The van der Waals surface area contributed by atoms with Crippen LogP contribution in [0, 0.1) is 21.8 Å². The second-order valence-electron chi connectivity index (χ2n) is 4.71. The summed E-state index contributed by atoms with van der Waals surface area (Å²) in [6, 6.07) is 3.51. The van der Waals surface area contributed by atoms with Gasteiger partial charge < -0.3 is 9.64 Å². The minimum Gasteiger partial charge on any atom is -0.469 e. The van der Waals surface area contributed by atoms with Gasteiger partial charge in [-0.25, -0.2) is 4.39 Å². The first kappa shape index (κ1) is 14.2. The zero-order chi connectivity index (χ0) is 14.7. The highest BCUT2D eigenvalue weighted by Gasteiger charge is 2.26. The molecule has 0 unspecified atom stereocenters. The van der Waals surface area contributed by atoms with Gasteiger partial charge in [-0.3, -0.25) is 14.9 Å². The third kappa shape index (κ3) is 3.04. The van der Waals surface area contributed by atoms with Crippen molar-refractivity contribution in [3.05, 3.63) is 34.1 Å². The first-order chi connectivity index (χ1) is 9.51. The van der Waals surface area contributed by atoms with Crippen LogP contribution in [0.1, 0.15) is 12.8 Å². The molecule has 7 heteroatoms. The van der Waals surface area contributed by atoms with E-state index in [2.05, 4.69) is 0 Å². The second kappa shape index (κ2) is 5.85. The average molecular weight is 282 g/mol. The summed E-state index contributed by atoms with van der Waals surface area (Å²) >= 11 is 0. The number of nitro groups is 1. The van der Waals surface area contributed by atoms with Crippen molar-refractivity contribution < 1.29 is 18.8 Å². The molecule has 6 nitrogen and oxygen atoms in total. The van der Waals surface area contributed by atoms with E-state index in [4.69, 9.17) is 4.74 Å². The number of hydrogen-bond donors (Lipinski definition) is 0. The predicted octanol–water partition coefficient (Wildman–Crippen LogP) is 2.12. The fourth-order valence-electron chi connectivity index (χ4n) is 2.39. The van der Waals surface area contributed by atoms with Crippen LogP contribution in [0.4, 0.5) is 15.8 Å². The van der Waals surface area contributed by atoms with E-state index in [1.807, 2.05) is 4.90 Å². The van der Waals surface area contributed by atoms with Crippen molar-refractivity contribution in [2.45, 2.75) is 12.8 Å². The summed E-state index contributed by atoms with van der Waals surface area (Å²) in [5.41, 5.74) is 0.204. The molecule has 1 aliphatic rings. The largest absolute Gasteiger partial charge is 0.469 e. The summed E-state index contributed by atoms with van der Waals surface area (Å²) in [5.74, 6) is -1.03. The molecule has 0 N–H and O–H groups in total. The first-order valence-electron chi connectivity index (χ1n) is 6.29. The van der Waals surface area contributed by atoms with E-state index in [1.54, 1.807) is 0 Å². The van der Waals surface area contributed by atoms with Crippen molar-refractivity contribution in [2.75, 3.05) is 25.1 Å². The van der Waals surface area contributed by atoms with Gasteiger partial charge in [-0.1, -0.05) is 0 Å². The number of esters is 1. The number of rotatable bonds is 3. The topological polar surface area (TPSA) is 72.7 Å². The molecule has 0 aliphatic carbocycles. The van der Waals surface area contributed by atoms with Gasteiger partial charge in [0, 0.05) is 24.8 Å². The molecule has 1 aromatic rings. The zero-order valence-electron chi connectivity index (χ0n) is 11.0. The lowest BCUT2D eigenvalue weighted by Gasteiger charge is -2.32.